The van der Waals surface area contributed by atoms with E-state index < -0.39 is 17.7 Å². The Morgan fingerprint density at radius 3 is 2.52 bits per heavy atom. The lowest BCUT2D eigenvalue weighted by atomic mass is 9.96. The van der Waals surface area contributed by atoms with Crippen LogP contribution in [0.25, 0.3) is 11.1 Å². The fraction of sp³-hybridized carbons (Fsp3) is 0.435. The number of ether oxygens (including phenoxy) is 1. The number of likely N-dealkylation sites (tertiary alicyclic amines) is 1. The third-order valence-corrected chi connectivity index (χ3v) is 5.51. The highest BCUT2D eigenvalue weighted by Gasteiger charge is 2.34. The van der Waals surface area contributed by atoms with Crippen LogP contribution >= 0.6 is 0 Å². The largest absolute Gasteiger partial charge is 0.462 e. The minimum atomic E-state index is -0.608. The molecule has 0 bridgehead atoms. The third kappa shape index (κ3) is 4.11. The summed E-state index contributed by atoms with van der Waals surface area (Å²) in [6.07, 6.45) is 3.71. The van der Waals surface area contributed by atoms with E-state index in [1.54, 1.807) is 18.7 Å². The first kappa shape index (κ1) is 20.8. The lowest BCUT2D eigenvalue weighted by Crippen LogP contribution is -2.46. The van der Waals surface area contributed by atoms with Crippen molar-refractivity contribution in [1.29, 1.82) is 0 Å². The van der Waals surface area contributed by atoms with Crippen LogP contribution < -0.4 is 0 Å². The smallest absolute Gasteiger partial charge is 0.340 e. The molecular weight excluding hydrogens is 368 g/mol. The lowest BCUT2D eigenvalue weighted by molar-refractivity contribution is -0.130. The van der Waals surface area contributed by atoms with Crippen LogP contribution in [0.15, 0.2) is 30.3 Å². The molecule has 1 aromatic heterocycles. The van der Waals surface area contributed by atoms with E-state index in [0.717, 1.165) is 25.7 Å². The normalized spacial score (nSPS) is 16.5. The van der Waals surface area contributed by atoms with E-state index in [1.165, 1.54) is 0 Å². The monoisotopic (exact) mass is 396 g/mol. The first-order valence-corrected chi connectivity index (χ1v) is 10.3. The molecule has 1 N–H and O–H groups in total. The number of Topliss-reactive ketones (excluding diaryl/α,β-unsaturated/α-hetero) is 1. The summed E-state index contributed by atoms with van der Waals surface area (Å²) in [6.45, 7) is 6.31. The van der Waals surface area contributed by atoms with Crippen LogP contribution in [0.3, 0.4) is 0 Å². The SMILES string of the molecule is CCOC(=O)c1c(C)[nH]c(C(=O)C(=O)N2CCCC[C@@H]2CC)c1-c1ccccc1. The van der Waals surface area contributed by atoms with E-state index in [2.05, 4.69) is 4.98 Å². The molecule has 6 nitrogen and oxygen atoms in total. The number of H-pyrrole nitrogens is 1. The maximum absolute atomic E-state index is 13.3. The molecule has 154 valence electrons. The summed E-state index contributed by atoms with van der Waals surface area (Å²) in [5, 5.41) is 0. The van der Waals surface area contributed by atoms with Crippen molar-refractivity contribution in [3.8, 4) is 11.1 Å². The van der Waals surface area contributed by atoms with Crippen LogP contribution in [0.5, 0.6) is 0 Å². The van der Waals surface area contributed by atoms with Gasteiger partial charge in [0.25, 0.3) is 11.7 Å². The van der Waals surface area contributed by atoms with Gasteiger partial charge >= 0.3 is 5.97 Å². The first-order chi connectivity index (χ1) is 14.0. The molecule has 0 aliphatic carbocycles. The number of aromatic amines is 1. The molecule has 0 unspecified atom stereocenters. The number of esters is 1. The minimum absolute atomic E-state index is 0.0842. The molecule has 2 heterocycles. The molecule has 1 amide bonds. The van der Waals surface area contributed by atoms with Gasteiger partial charge in [0, 0.05) is 23.8 Å². The van der Waals surface area contributed by atoms with Crippen LogP contribution in [-0.2, 0) is 9.53 Å². The van der Waals surface area contributed by atoms with Crippen LogP contribution in [0.1, 0.15) is 66.1 Å². The van der Waals surface area contributed by atoms with Crippen LogP contribution in [-0.4, -0.2) is 46.7 Å². The lowest BCUT2D eigenvalue weighted by Gasteiger charge is -2.34. The van der Waals surface area contributed by atoms with E-state index in [0.29, 0.717) is 28.9 Å². The Labute approximate surface area is 171 Å². The fourth-order valence-corrected chi connectivity index (χ4v) is 4.08. The summed E-state index contributed by atoms with van der Waals surface area (Å²) in [4.78, 5) is 43.7. The summed E-state index contributed by atoms with van der Waals surface area (Å²) < 4.78 is 5.21. The topological polar surface area (TPSA) is 79.5 Å². The van der Waals surface area contributed by atoms with Gasteiger partial charge in [0.15, 0.2) is 0 Å². The van der Waals surface area contributed by atoms with Gasteiger partial charge in [-0.05, 0) is 45.1 Å². The molecule has 0 saturated carbocycles. The predicted octanol–water partition coefficient (Wildman–Crippen LogP) is 4.14. The van der Waals surface area contributed by atoms with Crippen molar-refractivity contribution in [2.75, 3.05) is 13.2 Å². The molecule has 1 saturated heterocycles. The maximum Gasteiger partial charge on any atom is 0.340 e. The van der Waals surface area contributed by atoms with Crippen LogP contribution in [0, 0.1) is 6.92 Å². The number of carbonyl (C=O) groups is 3. The number of aryl methyl sites for hydroxylation is 1. The number of hydrogen-bond donors (Lipinski definition) is 1. The van der Waals surface area contributed by atoms with Crippen molar-refractivity contribution in [2.24, 2.45) is 0 Å². The van der Waals surface area contributed by atoms with E-state index in [-0.39, 0.29) is 18.3 Å². The van der Waals surface area contributed by atoms with E-state index in [4.69, 9.17) is 4.74 Å². The highest BCUT2D eigenvalue weighted by Crippen LogP contribution is 2.32. The van der Waals surface area contributed by atoms with Gasteiger partial charge in [-0.25, -0.2) is 4.79 Å². The Morgan fingerprint density at radius 1 is 1.14 bits per heavy atom. The van der Waals surface area contributed by atoms with Crippen molar-refractivity contribution in [3.63, 3.8) is 0 Å². The van der Waals surface area contributed by atoms with Crippen molar-refractivity contribution in [2.45, 2.75) is 52.5 Å². The zero-order chi connectivity index (χ0) is 21.0. The average molecular weight is 396 g/mol. The van der Waals surface area contributed by atoms with Crippen molar-refractivity contribution >= 4 is 17.7 Å². The zero-order valence-corrected chi connectivity index (χ0v) is 17.3. The molecule has 1 aliphatic heterocycles. The number of piperidine rings is 1. The molecule has 0 spiro atoms. The Balaban J connectivity index is 2.06. The van der Waals surface area contributed by atoms with Crippen LogP contribution in [0.4, 0.5) is 0 Å². The molecule has 6 heteroatoms. The number of amides is 1. The van der Waals surface area contributed by atoms with Crippen molar-refractivity contribution in [3.05, 3.63) is 47.3 Å². The second-order valence-electron chi connectivity index (χ2n) is 7.35. The summed E-state index contributed by atoms with van der Waals surface area (Å²) in [5.41, 5.74) is 2.11. The molecule has 0 radical (unpaired) electrons. The standard InChI is InChI=1S/C23H28N2O4/c1-4-17-13-9-10-14-25(17)22(27)21(26)20-19(16-11-7-6-8-12-16)18(15(3)24-20)23(28)29-5-2/h6-8,11-12,17,24H,4-5,9-10,13-14H2,1-3H3/t17-/m0/s1. The fourth-order valence-electron chi connectivity index (χ4n) is 4.08. The molecule has 3 rings (SSSR count). The molecule has 1 atom stereocenters. The van der Waals surface area contributed by atoms with Gasteiger partial charge in [0.1, 0.15) is 5.69 Å². The van der Waals surface area contributed by atoms with Gasteiger partial charge in [-0.2, -0.15) is 0 Å². The summed E-state index contributed by atoms with van der Waals surface area (Å²) in [5.74, 6) is -1.62. The summed E-state index contributed by atoms with van der Waals surface area (Å²) >= 11 is 0. The van der Waals surface area contributed by atoms with Gasteiger partial charge in [-0.15, -0.1) is 0 Å². The number of benzene rings is 1. The van der Waals surface area contributed by atoms with Gasteiger partial charge in [0.2, 0.25) is 0 Å². The number of nitrogens with zero attached hydrogens (tertiary/aromatic N) is 1. The second-order valence-corrected chi connectivity index (χ2v) is 7.35. The van der Waals surface area contributed by atoms with Gasteiger partial charge in [-0.3, -0.25) is 9.59 Å². The zero-order valence-electron chi connectivity index (χ0n) is 17.3. The minimum Gasteiger partial charge on any atom is -0.462 e. The van der Waals surface area contributed by atoms with Crippen molar-refractivity contribution in [1.82, 2.24) is 9.88 Å². The summed E-state index contributed by atoms with van der Waals surface area (Å²) in [6, 6.07) is 9.26. The third-order valence-electron chi connectivity index (χ3n) is 5.51. The number of ketones is 1. The second kappa shape index (κ2) is 9.07. The number of rotatable bonds is 6. The number of carbonyl (C=O) groups excluding carboxylic acids is 3. The van der Waals surface area contributed by atoms with E-state index in [9.17, 15) is 14.4 Å². The highest BCUT2D eigenvalue weighted by molar-refractivity contribution is 6.43. The molecule has 1 aliphatic rings. The maximum atomic E-state index is 13.3. The quantitative estimate of drug-likeness (QED) is 0.452. The molecule has 2 aromatic rings. The Kier molecular flexibility index (Phi) is 6.52. The highest BCUT2D eigenvalue weighted by atomic mass is 16.5. The molecule has 1 aromatic carbocycles. The van der Waals surface area contributed by atoms with Gasteiger partial charge in [-0.1, -0.05) is 37.3 Å². The predicted molar refractivity (Wildman–Crippen MR) is 111 cm³/mol. The van der Waals surface area contributed by atoms with E-state index >= 15 is 0 Å². The number of aromatic nitrogens is 1. The number of nitrogens with one attached hydrogen (secondary N) is 1. The molecular formula is C23H28N2O4. The Bertz CT molecular complexity index is 901. The van der Waals surface area contributed by atoms with E-state index in [1.807, 2.05) is 37.3 Å². The Hall–Kier alpha value is -2.89. The van der Waals surface area contributed by atoms with Gasteiger partial charge < -0.3 is 14.6 Å². The first-order valence-electron chi connectivity index (χ1n) is 10.3. The van der Waals surface area contributed by atoms with Crippen molar-refractivity contribution < 1.29 is 19.1 Å². The Morgan fingerprint density at radius 2 is 1.86 bits per heavy atom. The molecule has 1 fully saturated rings. The van der Waals surface area contributed by atoms with Gasteiger partial charge in [0.05, 0.1) is 12.2 Å². The van der Waals surface area contributed by atoms with Crippen LogP contribution in [0.2, 0.25) is 0 Å². The summed E-state index contributed by atoms with van der Waals surface area (Å²) in [7, 11) is 0. The number of hydrogen-bond acceptors (Lipinski definition) is 4. The average Bonchev–Trinajstić information content (AvgIpc) is 3.10. The molecule has 29 heavy (non-hydrogen) atoms.